The van der Waals surface area contributed by atoms with Crippen molar-refractivity contribution in [1.29, 1.82) is 0 Å². The highest BCUT2D eigenvalue weighted by atomic mass is 32.2. The van der Waals surface area contributed by atoms with Crippen LogP contribution in [-0.2, 0) is 0 Å². The van der Waals surface area contributed by atoms with Crippen molar-refractivity contribution < 1.29 is 0 Å². The lowest BCUT2D eigenvalue weighted by Gasteiger charge is -2.40. The third kappa shape index (κ3) is 3.44. The van der Waals surface area contributed by atoms with E-state index < -0.39 is 0 Å². The summed E-state index contributed by atoms with van der Waals surface area (Å²) < 4.78 is 0.394. The molecule has 1 aliphatic rings. The van der Waals surface area contributed by atoms with Crippen molar-refractivity contribution in [2.24, 2.45) is 0 Å². The van der Waals surface area contributed by atoms with E-state index >= 15 is 0 Å². The summed E-state index contributed by atoms with van der Waals surface area (Å²) in [6, 6.07) is 0.746. The lowest BCUT2D eigenvalue weighted by Crippen LogP contribution is -2.54. The van der Waals surface area contributed by atoms with Crippen LogP contribution in [0, 0.1) is 0 Å². The zero-order chi connectivity index (χ0) is 10.6. The van der Waals surface area contributed by atoms with Crippen LogP contribution < -0.4 is 5.32 Å². The number of piperazine rings is 1. The van der Waals surface area contributed by atoms with Crippen LogP contribution in [0.25, 0.3) is 0 Å². The zero-order valence-corrected chi connectivity index (χ0v) is 10.8. The minimum absolute atomic E-state index is 0.394. The van der Waals surface area contributed by atoms with Gasteiger partial charge in [0.2, 0.25) is 0 Å². The first-order chi connectivity index (χ1) is 6.59. The molecular weight excluding hydrogens is 192 g/mol. The monoisotopic (exact) mass is 216 g/mol. The molecule has 1 fully saturated rings. The molecule has 0 aromatic heterocycles. The first-order valence-corrected chi connectivity index (χ1v) is 6.81. The largest absolute Gasteiger partial charge is 0.314 e. The van der Waals surface area contributed by atoms with Gasteiger partial charge in [0, 0.05) is 37.0 Å². The third-order valence-corrected chi connectivity index (χ3v) is 4.31. The number of hydrogen-bond acceptors (Lipinski definition) is 3. The van der Waals surface area contributed by atoms with E-state index in [2.05, 4.69) is 37.2 Å². The van der Waals surface area contributed by atoms with Gasteiger partial charge in [-0.05, 0) is 26.5 Å². The Labute approximate surface area is 92.8 Å². The summed E-state index contributed by atoms with van der Waals surface area (Å²) in [4.78, 5) is 2.65. The second kappa shape index (κ2) is 5.38. The molecule has 1 unspecified atom stereocenters. The van der Waals surface area contributed by atoms with Gasteiger partial charge >= 0.3 is 0 Å². The van der Waals surface area contributed by atoms with Crippen molar-refractivity contribution in [3.05, 3.63) is 0 Å². The SMILES string of the molecule is CCC1CNCCN1CC(C)(C)SC. The van der Waals surface area contributed by atoms with Crippen LogP contribution >= 0.6 is 11.8 Å². The molecule has 0 spiro atoms. The summed E-state index contributed by atoms with van der Waals surface area (Å²) in [5, 5.41) is 3.47. The molecule has 2 nitrogen and oxygen atoms in total. The van der Waals surface area contributed by atoms with Crippen LogP contribution in [0.5, 0.6) is 0 Å². The Kier molecular flexibility index (Phi) is 4.74. The fraction of sp³-hybridized carbons (Fsp3) is 1.00. The maximum atomic E-state index is 3.47. The number of thioether (sulfide) groups is 1. The zero-order valence-electron chi connectivity index (χ0n) is 9.97. The molecule has 0 radical (unpaired) electrons. The molecule has 3 heteroatoms. The molecular formula is C11H24N2S. The number of nitrogens with zero attached hydrogens (tertiary/aromatic N) is 1. The van der Waals surface area contributed by atoms with Gasteiger partial charge in [-0.2, -0.15) is 11.8 Å². The van der Waals surface area contributed by atoms with Crippen LogP contribution in [-0.4, -0.2) is 48.1 Å². The average molecular weight is 216 g/mol. The molecule has 84 valence electrons. The topological polar surface area (TPSA) is 15.3 Å². The van der Waals surface area contributed by atoms with Crippen molar-refractivity contribution in [2.75, 3.05) is 32.4 Å². The van der Waals surface area contributed by atoms with Gasteiger partial charge in [0.1, 0.15) is 0 Å². The van der Waals surface area contributed by atoms with Gasteiger partial charge in [-0.1, -0.05) is 6.92 Å². The summed E-state index contributed by atoms with van der Waals surface area (Å²) in [5.74, 6) is 0. The molecule has 1 atom stereocenters. The van der Waals surface area contributed by atoms with Crippen molar-refractivity contribution in [2.45, 2.75) is 38.0 Å². The van der Waals surface area contributed by atoms with Crippen molar-refractivity contribution in [3.63, 3.8) is 0 Å². The molecule has 0 aromatic carbocycles. The molecule has 1 heterocycles. The molecule has 1 aliphatic heterocycles. The van der Waals surface area contributed by atoms with Gasteiger partial charge in [-0.25, -0.2) is 0 Å². The minimum atomic E-state index is 0.394. The van der Waals surface area contributed by atoms with E-state index in [1.807, 2.05) is 11.8 Å². The molecule has 1 saturated heterocycles. The molecule has 0 aliphatic carbocycles. The predicted octanol–water partition coefficient (Wildman–Crippen LogP) is 1.81. The maximum Gasteiger partial charge on any atom is 0.0228 e. The van der Waals surface area contributed by atoms with E-state index in [4.69, 9.17) is 0 Å². The Morgan fingerprint density at radius 2 is 2.21 bits per heavy atom. The van der Waals surface area contributed by atoms with Crippen LogP contribution in [0.3, 0.4) is 0 Å². The van der Waals surface area contributed by atoms with Crippen molar-refractivity contribution >= 4 is 11.8 Å². The lowest BCUT2D eigenvalue weighted by atomic mass is 10.1. The summed E-state index contributed by atoms with van der Waals surface area (Å²) >= 11 is 1.97. The highest BCUT2D eigenvalue weighted by Gasteiger charge is 2.26. The van der Waals surface area contributed by atoms with Gasteiger partial charge in [0.05, 0.1) is 0 Å². The van der Waals surface area contributed by atoms with Crippen molar-refractivity contribution in [3.8, 4) is 0 Å². The van der Waals surface area contributed by atoms with E-state index in [1.54, 1.807) is 0 Å². The molecule has 14 heavy (non-hydrogen) atoms. The molecule has 0 saturated carbocycles. The quantitative estimate of drug-likeness (QED) is 0.771. The van der Waals surface area contributed by atoms with Crippen LogP contribution in [0.1, 0.15) is 27.2 Å². The van der Waals surface area contributed by atoms with E-state index in [-0.39, 0.29) is 0 Å². The minimum Gasteiger partial charge on any atom is -0.314 e. The first kappa shape index (κ1) is 12.3. The first-order valence-electron chi connectivity index (χ1n) is 5.59. The molecule has 0 amide bonds. The number of nitrogens with one attached hydrogen (secondary N) is 1. The summed E-state index contributed by atoms with van der Waals surface area (Å²) in [7, 11) is 0. The van der Waals surface area contributed by atoms with Crippen molar-refractivity contribution in [1.82, 2.24) is 10.2 Å². The highest BCUT2D eigenvalue weighted by molar-refractivity contribution is 7.99. The fourth-order valence-corrected chi connectivity index (χ4v) is 2.26. The van der Waals surface area contributed by atoms with Gasteiger partial charge in [-0.15, -0.1) is 0 Å². The smallest absolute Gasteiger partial charge is 0.0228 e. The van der Waals surface area contributed by atoms with Gasteiger partial charge in [0.15, 0.2) is 0 Å². The molecule has 1 rings (SSSR count). The van der Waals surface area contributed by atoms with E-state index in [1.165, 1.54) is 26.1 Å². The normalized spacial score (nSPS) is 25.3. The Hall–Kier alpha value is 0.270. The summed E-state index contributed by atoms with van der Waals surface area (Å²) in [6.07, 6.45) is 3.47. The average Bonchev–Trinajstić information content (AvgIpc) is 2.18. The van der Waals surface area contributed by atoms with Crippen LogP contribution in [0.4, 0.5) is 0 Å². The Bertz CT molecular complexity index is 171. The Balaban J connectivity index is 2.48. The summed E-state index contributed by atoms with van der Waals surface area (Å²) in [5.41, 5.74) is 0. The van der Waals surface area contributed by atoms with E-state index in [9.17, 15) is 0 Å². The highest BCUT2D eigenvalue weighted by Crippen LogP contribution is 2.24. The van der Waals surface area contributed by atoms with Gasteiger partial charge in [0.25, 0.3) is 0 Å². The third-order valence-electron chi connectivity index (χ3n) is 3.08. The molecule has 1 N–H and O–H groups in total. The molecule has 0 bridgehead atoms. The van der Waals surface area contributed by atoms with Gasteiger partial charge in [-0.3, -0.25) is 4.90 Å². The fourth-order valence-electron chi connectivity index (χ4n) is 1.97. The second-order valence-corrected chi connectivity index (χ2v) is 6.21. The number of rotatable bonds is 4. The van der Waals surface area contributed by atoms with E-state index in [0.29, 0.717) is 4.75 Å². The Morgan fingerprint density at radius 3 is 2.79 bits per heavy atom. The lowest BCUT2D eigenvalue weighted by molar-refractivity contribution is 0.147. The van der Waals surface area contributed by atoms with Crippen LogP contribution in [0.15, 0.2) is 0 Å². The summed E-state index contributed by atoms with van der Waals surface area (Å²) in [6.45, 7) is 11.7. The van der Waals surface area contributed by atoms with Crippen LogP contribution in [0.2, 0.25) is 0 Å². The maximum absolute atomic E-state index is 3.47. The predicted molar refractivity (Wildman–Crippen MR) is 66.1 cm³/mol. The Morgan fingerprint density at radius 1 is 1.50 bits per heavy atom. The molecule has 0 aromatic rings. The van der Waals surface area contributed by atoms with Gasteiger partial charge < -0.3 is 5.32 Å². The van der Waals surface area contributed by atoms with E-state index in [0.717, 1.165) is 12.6 Å². The number of hydrogen-bond donors (Lipinski definition) is 1. The second-order valence-electron chi connectivity index (χ2n) is 4.70. The standard InChI is InChI=1S/C11H24N2S/c1-5-10-8-12-6-7-13(10)9-11(2,3)14-4/h10,12H,5-9H2,1-4H3.